The Bertz CT molecular complexity index is 932. The first-order chi connectivity index (χ1) is 12.2. The van der Waals surface area contributed by atoms with Crippen LogP contribution in [-0.4, -0.2) is 33.7 Å². The molecule has 2 heterocycles. The maximum atomic E-state index is 12.8. The number of para-hydroxylation sites is 1. The van der Waals surface area contributed by atoms with E-state index in [4.69, 9.17) is 0 Å². The summed E-state index contributed by atoms with van der Waals surface area (Å²) in [6, 6.07) is 15.4. The van der Waals surface area contributed by atoms with Gasteiger partial charge >= 0.3 is 6.03 Å². The van der Waals surface area contributed by atoms with Crippen LogP contribution in [0, 0.1) is 6.92 Å². The molecule has 2 aromatic carbocycles. The minimum absolute atomic E-state index is 0.0554. The first-order valence-electron chi connectivity index (χ1n) is 8.49. The normalized spacial score (nSPS) is 16.7. The lowest BCUT2D eigenvalue weighted by molar-refractivity contribution is 0.129. The maximum Gasteiger partial charge on any atom is 0.322 e. The molecule has 3 aromatic rings. The standard InChI is InChI=1S/C20H21N3O2/c1-13-5-4-6-14(9-13)21-20(25)23-11-19-17(10-15(23)12-24)16-7-2-3-8-18(16)22-19/h2-9,15,22,24H,10-12H2,1H3,(H,21,25). The van der Waals surface area contributed by atoms with E-state index in [-0.39, 0.29) is 18.7 Å². The Morgan fingerprint density at radius 1 is 1.28 bits per heavy atom. The Balaban J connectivity index is 1.62. The molecule has 0 radical (unpaired) electrons. The van der Waals surface area contributed by atoms with Crippen molar-refractivity contribution in [2.24, 2.45) is 0 Å². The van der Waals surface area contributed by atoms with Crippen LogP contribution in [0.4, 0.5) is 10.5 Å². The van der Waals surface area contributed by atoms with Gasteiger partial charge in [0.25, 0.3) is 0 Å². The van der Waals surface area contributed by atoms with Gasteiger partial charge in [0, 0.05) is 22.3 Å². The lowest BCUT2D eigenvalue weighted by atomic mass is 9.97. The number of anilines is 1. The zero-order chi connectivity index (χ0) is 17.4. The van der Waals surface area contributed by atoms with Crippen molar-refractivity contribution in [3.8, 4) is 0 Å². The molecule has 0 spiro atoms. The third kappa shape index (κ3) is 2.87. The van der Waals surface area contributed by atoms with Crippen LogP contribution in [0.1, 0.15) is 16.8 Å². The molecule has 1 aliphatic heterocycles. The number of H-pyrrole nitrogens is 1. The second-order valence-corrected chi connectivity index (χ2v) is 6.60. The molecule has 0 saturated carbocycles. The summed E-state index contributed by atoms with van der Waals surface area (Å²) in [5.41, 5.74) is 5.18. The largest absolute Gasteiger partial charge is 0.394 e. The molecule has 0 aliphatic carbocycles. The van der Waals surface area contributed by atoms with E-state index < -0.39 is 0 Å². The Morgan fingerprint density at radius 2 is 2.12 bits per heavy atom. The van der Waals surface area contributed by atoms with E-state index in [1.54, 1.807) is 4.90 Å². The second kappa shape index (κ2) is 6.26. The highest BCUT2D eigenvalue weighted by molar-refractivity contribution is 5.91. The first-order valence-corrected chi connectivity index (χ1v) is 8.49. The highest BCUT2D eigenvalue weighted by Crippen LogP contribution is 2.30. The molecule has 5 nitrogen and oxygen atoms in total. The summed E-state index contributed by atoms with van der Waals surface area (Å²) in [6.07, 6.45) is 0.650. The number of carbonyl (C=O) groups excluding carboxylic acids is 1. The molecule has 1 aromatic heterocycles. The van der Waals surface area contributed by atoms with Gasteiger partial charge in [-0.3, -0.25) is 0 Å². The molecular weight excluding hydrogens is 314 g/mol. The van der Waals surface area contributed by atoms with Crippen LogP contribution in [0.15, 0.2) is 48.5 Å². The van der Waals surface area contributed by atoms with Gasteiger partial charge in [-0.1, -0.05) is 30.3 Å². The summed E-state index contributed by atoms with van der Waals surface area (Å²) in [6.45, 7) is 2.40. The molecule has 0 fully saturated rings. The van der Waals surface area contributed by atoms with E-state index in [1.807, 2.05) is 49.4 Å². The highest BCUT2D eigenvalue weighted by Gasteiger charge is 2.31. The monoisotopic (exact) mass is 335 g/mol. The van der Waals surface area contributed by atoms with Crippen molar-refractivity contribution in [1.29, 1.82) is 0 Å². The summed E-state index contributed by atoms with van der Waals surface area (Å²) in [5.74, 6) is 0. The van der Waals surface area contributed by atoms with Crippen LogP contribution in [0.5, 0.6) is 0 Å². The van der Waals surface area contributed by atoms with Crippen LogP contribution in [0.2, 0.25) is 0 Å². The fourth-order valence-corrected chi connectivity index (χ4v) is 3.59. The topological polar surface area (TPSA) is 68.4 Å². The van der Waals surface area contributed by atoms with E-state index in [1.165, 1.54) is 10.9 Å². The summed E-state index contributed by atoms with van der Waals surface area (Å²) < 4.78 is 0. The molecule has 0 saturated heterocycles. The smallest absolute Gasteiger partial charge is 0.322 e. The van der Waals surface area contributed by atoms with E-state index in [2.05, 4.69) is 16.4 Å². The number of rotatable bonds is 2. The van der Waals surface area contributed by atoms with Gasteiger partial charge in [-0.25, -0.2) is 4.79 Å². The molecule has 0 bridgehead atoms. The molecular formula is C20H21N3O2. The maximum absolute atomic E-state index is 12.8. The van der Waals surface area contributed by atoms with Crippen molar-refractivity contribution in [2.75, 3.05) is 11.9 Å². The summed E-state index contributed by atoms with van der Waals surface area (Å²) in [5, 5.41) is 13.9. The molecule has 4 rings (SSSR count). The summed E-state index contributed by atoms with van der Waals surface area (Å²) >= 11 is 0. The number of aliphatic hydroxyl groups excluding tert-OH is 1. The van der Waals surface area contributed by atoms with E-state index in [0.29, 0.717) is 13.0 Å². The van der Waals surface area contributed by atoms with Crippen molar-refractivity contribution >= 4 is 22.6 Å². The number of aromatic nitrogens is 1. The zero-order valence-corrected chi connectivity index (χ0v) is 14.1. The average molecular weight is 335 g/mol. The number of hydrogen-bond acceptors (Lipinski definition) is 2. The molecule has 5 heteroatoms. The van der Waals surface area contributed by atoms with Crippen LogP contribution in [-0.2, 0) is 13.0 Å². The first kappa shape index (κ1) is 15.7. The molecule has 128 valence electrons. The zero-order valence-electron chi connectivity index (χ0n) is 14.1. The lowest BCUT2D eigenvalue weighted by Gasteiger charge is -2.34. The van der Waals surface area contributed by atoms with E-state index >= 15 is 0 Å². The van der Waals surface area contributed by atoms with Gasteiger partial charge in [0.2, 0.25) is 0 Å². The van der Waals surface area contributed by atoms with Gasteiger partial charge in [0.1, 0.15) is 0 Å². The third-order valence-electron chi connectivity index (χ3n) is 4.85. The fourth-order valence-electron chi connectivity index (χ4n) is 3.59. The molecule has 3 N–H and O–H groups in total. The number of hydrogen-bond donors (Lipinski definition) is 3. The van der Waals surface area contributed by atoms with Gasteiger partial charge < -0.3 is 20.3 Å². The van der Waals surface area contributed by atoms with Crippen LogP contribution in [0.25, 0.3) is 10.9 Å². The number of nitrogens with one attached hydrogen (secondary N) is 2. The van der Waals surface area contributed by atoms with Crippen LogP contribution < -0.4 is 5.32 Å². The Morgan fingerprint density at radius 3 is 2.92 bits per heavy atom. The number of aromatic amines is 1. The Labute approximate surface area is 146 Å². The quantitative estimate of drug-likeness (QED) is 0.671. The number of aliphatic hydroxyl groups is 1. The summed E-state index contributed by atoms with van der Waals surface area (Å²) in [7, 11) is 0. The second-order valence-electron chi connectivity index (χ2n) is 6.60. The van der Waals surface area contributed by atoms with Crippen molar-refractivity contribution in [1.82, 2.24) is 9.88 Å². The minimum atomic E-state index is -0.225. The number of urea groups is 1. The van der Waals surface area contributed by atoms with Crippen molar-refractivity contribution in [3.63, 3.8) is 0 Å². The summed E-state index contributed by atoms with van der Waals surface area (Å²) in [4.78, 5) is 17.9. The number of benzene rings is 2. The fraction of sp³-hybridized carbons (Fsp3) is 0.250. The Hall–Kier alpha value is -2.79. The minimum Gasteiger partial charge on any atom is -0.394 e. The SMILES string of the molecule is Cc1cccc(NC(=O)N2Cc3[nH]c4ccccc4c3CC2CO)c1. The van der Waals surface area contributed by atoms with E-state index in [9.17, 15) is 9.90 Å². The molecule has 25 heavy (non-hydrogen) atoms. The molecule has 1 atom stereocenters. The number of carbonyl (C=O) groups is 1. The number of aryl methyl sites for hydroxylation is 1. The number of fused-ring (bicyclic) bond motifs is 3. The predicted octanol–water partition coefficient (Wildman–Crippen LogP) is 3.43. The van der Waals surface area contributed by atoms with E-state index in [0.717, 1.165) is 22.5 Å². The van der Waals surface area contributed by atoms with Gasteiger partial charge in [-0.2, -0.15) is 0 Å². The number of amides is 2. The number of nitrogens with zero attached hydrogens (tertiary/aromatic N) is 1. The van der Waals surface area contributed by atoms with Crippen molar-refractivity contribution in [2.45, 2.75) is 25.9 Å². The van der Waals surface area contributed by atoms with Crippen LogP contribution >= 0.6 is 0 Å². The third-order valence-corrected chi connectivity index (χ3v) is 4.85. The van der Waals surface area contributed by atoms with Gasteiger partial charge in [-0.05, 0) is 42.7 Å². The van der Waals surface area contributed by atoms with Gasteiger partial charge in [0.05, 0.1) is 19.2 Å². The van der Waals surface area contributed by atoms with Crippen molar-refractivity contribution < 1.29 is 9.90 Å². The van der Waals surface area contributed by atoms with Crippen LogP contribution in [0.3, 0.4) is 0 Å². The molecule has 1 aliphatic rings. The molecule has 1 unspecified atom stereocenters. The highest BCUT2D eigenvalue weighted by atomic mass is 16.3. The average Bonchev–Trinajstić information content (AvgIpc) is 2.98. The Kier molecular flexibility index (Phi) is 3.93. The lowest BCUT2D eigenvalue weighted by Crippen LogP contribution is -2.48. The van der Waals surface area contributed by atoms with Gasteiger partial charge in [-0.15, -0.1) is 0 Å². The van der Waals surface area contributed by atoms with Crippen molar-refractivity contribution in [3.05, 3.63) is 65.4 Å². The van der Waals surface area contributed by atoms with Gasteiger partial charge in [0.15, 0.2) is 0 Å². The molecule has 2 amide bonds. The predicted molar refractivity (Wildman–Crippen MR) is 98.6 cm³/mol.